The number of ether oxygens (including phenoxy) is 1. The first kappa shape index (κ1) is 13.0. The molecule has 1 aliphatic carbocycles. The van der Waals surface area contributed by atoms with Crippen LogP contribution in [0.2, 0.25) is 0 Å². The van der Waals surface area contributed by atoms with Gasteiger partial charge in [-0.05, 0) is 26.3 Å². The number of likely N-dealkylation sites (N-methyl/N-ethyl adjacent to an activating group) is 1. The van der Waals surface area contributed by atoms with Crippen LogP contribution in [0.15, 0.2) is 0 Å². The van der Waals surface area contributed by atoms with E-state index in [9.17, 15) is 0 Å². The van der Waals surface area contributed by atoms with Crippen LogP contribution in [0, 0.1) is 0 Å². The molecule has 0 radical (unpaired) electrons. The van der Waals surface area contributed by atoms with E-state index in [1.807, 2.05) is 7.11 Å². The highest BCUT2D eigenvalue weighted by atomic mass is 16.5. The Morgan fingerprint density at radius 2 is 1.80 bits per heavy atom. The van der Waals surface area contributed by atoms with Crippen LogP contribution < -0.4 is 5.32 Å². The lowest BCUT2D eigenvalue weighted by atomic mass is 9.84. The highest BCUT2D eigenvalue weighted by Crippen LogP contribution is 2.34. The largest absolute Gasteiger partial charge is 0.377 e. The molecule has 0 aromatic carbocycles. The van der Waals surface area contributed by atoms with E-state index in [0.29, 0.717) is 6.04 Å². The highest BCUT2D eigenvalue weighted by molar-refractivity contribution is 4.93. The molecule has 1 rings (SSSR count). The van der Waals surface area contributed by atoms with Crippen LogP contribution in [0.1, 0.15) is 58.3 Å². The van der Waals surface area contributed by atoms with Gasteiger partial charge in [-0.2, -0.15) is 0 Å². The monoisotopic (exact) mass is 213 g/mol. The summed E-state index contributed by atoms with van der Waals surface area (Å²) in [5.74, 6) is 0. The molecule has 1 N–H and O–H groups in total. The Bertz CT molecular complexity index is 162. The fourth-order valence-electron chi connectivity index (χ4n) is 2.98. The maximum absolute atomic E-state index is 5.90. The molecule has 1 fully saturated rings. The molecule has 0 amide bonds. The van der Waals surface area contributed by atoms with Crippen molar-refractivity contribution in [3.05, 3.63) is 0 Å². The van der Waals surface area contributed by atoms with Gasteiger partial charge in [0.1, 0.15) is 0 Å². The number of methoxy groups -OCH3 is 1. The third-order valence-electron chi connectivity index (χ3n) is 3.92. The van der Waals surface area contributed by atoms with Crippen molar-refractivity contribution in [1.29, 1.82) is 0 Å². The standard InChI is InChI=1S/C13H27NO/c1-4-9-12(14-2)13(15-3)10-7-5-6-8-11-13/h12,14H,4-11H2,1-3H3. The van der Waals surface area contributed by atoms with Gasteiger partial charge in [0.2, 0.25) is 0 Å². The Morgan fingerprint density at radius 3 is 2.20 bits per heavy atom. The molecule has 1 unspecified atom stereocenters. The van der Waals surface area contributed by atoms with Gasteiger partial charge in [0, 0.05) is 13.2 Å². The smallest absolute Gasteiger partial charge is 0.0830 e. The van der Waals surface area contributed by atoms with Crippen LogP contribution in [0.5, 0.6) is 0 Å². The van der Waals surface area contributed by atoms with Gasteiger partial charge in [-0.25, -0.2) is 0 Å². The molecule has 0 bridgehead atoms. The van der Waals surface area contributed by atoms with Crippen molar-refractivity contribution in [2.75, 3.05) is 14.2 Å². The Labute approximate surface area is 94.8 Å². The molecular weight excluding hydrogens is 186 g/mol. The van der Waals surface area contributed by atoms with Gasteiger partial charge >= 0.3 is 0 Å². The van der Waals surface area contributed by atoms with E-state index < -0.39 is 0 Å². The Balaban J connectivity index is 2.69. The minimum Gasteiger partial charge on any atom is -0.377 e. The SMILES string of the molecule is CCCC(NC)C1(OC)CCCCCC1. The Kier molecular flexibility index (Phi) is 5.62. The quantitative estimate of drug-likeness (QED) is 0.709. The lowest BCUT2D eigenvalue weighted by molar-refractivity contribution is -0.0531. The van der Waals surface area contributed by atoms with Crippen molar-refractivity contribution >= 4 is 0 Å². The average Bonchev–Trinajstić information content (AvgIpc) is 2.52. The predicted molar refractivity (Wildman–Crippen MR) is 65.2 cm³/mol. The third kappa shape index (κ3) is 3.18. The lowest BCUT2D eigenvalue weighted by Crippen LogP contribution is -2.50. The maximum atomic E-state index is 5.90. The molecule has 2 nitrogen and oxygen atoms in total. The minimum atomic E-state index is 0.112. The second-order valence-electron chi connectivity index (χ2n) is 4.81. The molecule has 0 heterocycles. The maximum Gasteiger partial charge on any atom is 0.0830 e. The fourth-order valence-corrected chi connectivity index (χ4v) is 2.98. The van der Waals surface area contributed by atoms with Crippen molar-refractivity contribution in [3.8, 4) is 0 Å². The Morgan fingerprint density at radius 1 is 1.20 bits per heavy atom. The molecule has 0 aliphatic heterocycles. The molecule has 2 heteroatoms. The summed E-state index contributed by atoms with van der Waals surface area (Å²) < 4.78 is 5.90. The van der Waals surface area contributed by atoms with Crippen molar-refractivity contribution in [2.24, 2.45) is 0 Å². The van der Waals surface area contributed by atoms with E-state index in [1.165, 1.54) is 51.4 Å². The van der Waals surface area contributed by atoms with Gasteiger partial charge in [0.25, 0.3) is 0 Å². The minimum absolute atomic E-state index is 0.112. The van der Waals surface area contributed by atoms with Gasteiger partial charge in [-0.15, -0.1) is 0 Å². The first-order valence-electron chi connectivity index (χ1n) is 6.51. The van der Waals surface area contributed by atoms with Crippen LogP contribution in [-0.2, 0) is 4.74 Å². The summed E-state index contributed by atoms with van der Waals surface area (Å²) in [7, 11) is 3.97. The molecule has 0 saturated heterocycles. The first-order valence-corrected chi connectivity index (χ1v) is 6.51. The molecule has 1 saturated carbocycles. The molecule has 1 aliphatic rings. The number of rotatable bonds is 5. The van der Waals surface area contributed by atoms with Crippen molar-refractivity contribution in [2.45, 2.75) is 69.9 Å². The fraction of sp³-hybridized carbons (Fsp3) is 1.00. The van der Waals surface area contributed by atoms with Crippen molar-refractivity contribution < 1.29 is 4.74 Å². The second kappa shape index (κ2) is 6.49. The molecule has 0 aromatic heterocycles. The van der Waals surface area contributed by atoms with Gasteiger partial charge in [-0.3, -0.25) is 0 Å². The average molecular weight is 213 g/mol. The zero-order chi connectivity index (χ0) is 11.1. The number of nitrogens with one attached hydrogen (secondary N) is 1. The van der Waals surface area contributed by atoms with E-state index in [0.717, 1.165) is 0 Å². The normalized spacial score (nSPS) is 23.4. The second-order valence-corrected chi connectivity index (χ2v) is 4.81. The lowest BCUT2D eigenvalue weighted by Gasteiger charge is -2.39. The van der Waals surface area contributed by atoms with E-state index in [2.05, 4.69) is 19.3 Å². The van der Waals surface area contributed by atoms with Crippen LogP contribution in [0.3, 0.4) is 0 Å². The molecule has 1 atom stereocenters. The molecule has 0 aromatic rings. The highest BCUT2D eigenvalue weighted by Gasteiger charge is 2.37. The van der Waals surface area contributed by atoms with Crippen molar-refractivity contribution in [1.82, 2.24) is 5.32 Å². The molecular formula is C13H27NO. The summed E-state index contributed by atoms with van der Waals surface area (Å²) in [6.07, 6.45) is 10.3. The summed E-state index contributed by atoms with van der Waals surface area (Å²) in [4.78, 5) is 0. The van der Waals surface area contributed by atoms with Crippen LogP contribution in [-0.4, -0.2) is 25.8 Å². The van der Waals surface area contributed by atoms with E-state index >= 15 is 0 Å². The summed E-state index contributed by atoms with van der Waals surface area (Å²) in [6.45, 7) is 2.25. The van der Waals surface area contributed by atoms with Crippen LogP contribution in [0.25, 0.3) is 0 Å². The van der Waals surface area contributed by atoms with Crippen LogP contribution in [0.4, 0.5) is 0 Å². The third-order valence-corrected chi connectivity index (χ3v) is 3.92. The van der Waals surface area contributed by atoms with Crippen molar-refractivity contribution in [3.63, 3.8) is 0 Å². The van der Waals surface area contributed by atoms with Crippen LogP contribution >= 0.6 is 0 Å². The zero-order valence-electron chi connectivity index (χ0n) is 10.6. The summed E-state index contributed by atoms with van der Waals surface area (Å²) >= 11 is 0. The van der Waals surface area contributed by atoms with E-state index in [1.54, 1.807) is 0 Å². The number of hydrogen-bond donors (Lipinski definition) is 1. The van der Waals surface area contributed by atoms with Gasteiger partial charge in [0.15, 0.2) is 0 Å². The Hall–Kier alpha value is -0.0800. The van der Waals surface area contributed by atoms with Gasteiger partial charge < -0.3 is 10.1 Å². The van der Waals surface area contributed by atoms with Gasteiger partial charge in [-0.1, -0.05) is 39.0 Å². The zero-order valence-corrected chi connectivity index (χ0v) is 10.6. The van der Waals surface area contributed by atoms with E-state index in [4.69, 9.17) is 4.74 Å². The molecule has 0 spiro atoms. The topological polar surface area (TPSA) is 21.3 Å². The molecule has 90 valence electrons. The summed E-state index contributed by atoms with van der Waals surface area (Å²) in [6, 6.07) is 0.533. The summed E-state index contributed by atoms with van der Waals surface area (Å²) in [5.41, 5.74) is 0.112. The number of hydrogen-bond acceptors (Lipinski definition) is 2. The van der Waals surface area contributed by atoms with Gasteiger partial charge in [0.05, 0.1) is 5.60 Å². The summed E-state index contributed by atoms with van der Waals surface area (Å²) in [5, 5.41) is 3.47. The molecule has 15 heavy (non-hydrogen) atoms. The van der Waals surface area contributed by atoms with E-state index in [-0.39, 0.29) is 5.60 Å². The first-order chi connectivity index (χ1) is 7.29. The predicted octanol–water partition coefficient (Wildman–Crippen LogP) is 3.11.